The molecule has 0 aromatic heterocycles. The number of nitrogens with zero attached hydrogens (tertiary/aromatic N) is 1. The lowest BCUT2D eigenvalue weighted by Crippen LogP contribution is -2.33. The van der Waals surface area contributed by atoms with Gasteiger partial charge in [-0.25, -0.2) is 13.6 Å². The van der Waals surface area contributed by atoms with Gasteiger partial charge < -0.3 is 10.5 Å². The average molecular weight is 313 g/mol. The van der Waals surface area contributed by atoms with Crippen LogP contribution in [0.4, 0.5) is 5.69 Å². The first-order valence-corrected chi connectivity index (χ1v) is 8.70. The summed E-state index contributed by atoms with van der Waals surface area (Å²) in [6.07, 6.45) is 3.75. The molecule has 0 radical (unpaired) electrons. The van der Waals surface area contributed by atoms with E-state index in [2.05, 4.69) is 4.90 Å². The first-order chi connectivity index (χ1) is 9.88. The minimum absolute atomic E-state index is 0.0236. The van der Waals surface area contributed by atoms with Gasteiger partial charge in [0.2, 0.25) is 10.0 Å². The van der Waals surface area contributed by atoms with Gasteiger partial charge in [0.1, 0.15) is 12.4 Å². The Kier molecular flexibility index (Phi) is 5.08. The van der Waals surface area contributed by atoms with Crippen molar-refractivity contribution in [1.29, 1.82) is 0 Å². The fourth-order valence-corrected chi connectivity index (χ4v) is 3.42. The van der Waals surface area contributed by atoms with E-state index in [1.165, 1.54) is 25.3 Å². The van der Waals surface area contributed by atoms with Gasteiger partial charge in [0.05, 0.1) is 4.90 Å². The highest BCUT2D eigenvalue weighted by molar-refractivity contribution is 7.89. The van der Waals surface area contributed by atoms with E-state index in [4.69, 9.17) is 15.6 Å². The van der Waals surface area contributed by atoms with E-state index in [9.17, 15) is 8.42 Å². The minimum atomic E-state index is -3.79. The molecule has 1 aliphatic rings. The van der Waals surface area contributed by atoms with E-state index in [1.807, 2.05) is 0 Å². The second kappa shape index (κ2) is 6.64. The molecule has 4 N–H and O–H groups in total. The Hall–Kier alpha value is -1.31. The molecule has 6 nitrogen and oxygen atoms in total. The first kappa shape index (κ1) is 16.1. The molecule has 1 aliphatic heterocycles. The number of anilines is 1. The van der Waals surface area contributed by atoms with Crippen LogP contribution in [0.1, 0.15) is 24.8 Å². The minimum Gasteiger partial charge on any atom is -0.492 e. The summed E-state index contributed by atoms with van der Waals surface area (Å²) in [6.45, 7) is 5.21. The molecular weight excluding hydrogens is 290 g/mol. The molecule has 0 saturated carbocycles. The highest BCUT2D eigenvalue weighted by Crippen LogP contribution is 2.28. The van der Waals surface area contributed by atoms with Crippen LogP contribution in [0.15, 0.2) is 17.0 Å². The topological polar surface area (TPSA) is 98.7 Å². The zero-order chi connectivity index (χ0) is 15.5. The molecule has 0 aliphatic carbocycles. The number of sulfonamides is 1. The predicted octanol–water partition coefficient (Wildman–Crippen LogP) is 1.09. The van der Waals surface area contributed by atoms with Gasteiger partial charge in [-0.1, -0.05) is 6.42 Å². The fraction of sp³-hybridized carbons (Fsp3) is 0.571. The Morgan fingerprint density at radius 1 is 1.24 bits per heavy atom. The Morgan fingerprint density at radius 2 is 1.90 bits per heavy atom. The largest absolute Gasteiger partial charge is 0.492 e. The summed E-state index contributed by atoms with van der Waals surface area (Å²) >= 11 is 0. The number of nitrogen functional groups attached to an aromatic ring is 1. The lowest BCUT2D eigenvalue weighted by atomic mass is 10.1. The van der Waals surface area contributed by atoms with Gasteiger partial charge in [0.15, 0.2) is 0 Å². The second-order valence-electron chi connectivity index (χ2n) is 5.44. The van der Waals surface area contributed by atoms with Gasteiger partial charge in [0, 0.05) is 23.9 Å². The number of benzene rings is 1. The number of rotatable bonds is 5. The van der Waals surface area contributed by atoms with Crippen molar-refractivity contribution in [2.45, 2.75) is 31.1 Å². The molecule has 0 unspecified atom stereocenters. The van der Waals surface area contributed by atoms with Crippen molar-refractivity contribution in [3.63, 3.8) is 0 Å². The van der Waals surface area contributed by atoms with Crippen LogP contribution >= 0.6 is 0 Å². The van der Waals surface area contributed by atoms with Crippen molar-refractivity contribution in [2.24, 2.45) is 5.14 Å². The zero-order valence-electron chi connectivity index (χ0n) is 12.3. The third kappa shape index (κ3) is 4.33. The average Bonchev–Trinajstić information content (AvgIpc) is 2.42. The van der Waals surface area contributed by atoms with Crippen LogP contribution in [0.3, 0.4) is 0 Å². The van der Waals surface area contributed by atoms with Gasteiger partial charge in [0.25, 0.3) is 0 Å². The van der Waals surface area contributed by atoms with Crippen molar-refractivity contribution in [3.8, 4) is 5.75 Å². The lowest BCUT2D eigenvalue weighted by molar-refractivity contribution is 0.183. The van der Waals surface area contributed by atoms with E-state index >= 15 is 0 Å². The summed E-state index contributed by atoms with van der Waals surface area (Å²) in [5.74, 6) is 0.482. The summed E-state index contributed by atoms with van der Waals surface area (Å²) < 4.78 is 28.8. The molecule has 1 aromatic rings. The van der Waals surface area contributed by atoms with Crippen molar-refractivity contribution < 1.29 is 13.2 Å². The Labute approximate surface area is 126 Å². The molecule has 0 bridgehead atoms. The zero-order valence-corrected chi connectivity index (χ0v) is 13.2. The van der Waals surface area contributed by atoms with E-state index in [0.717, 1.165) is 19.6 Å². The standard InChI is InChI=1S/C14H23N3O3S/c1-11-13(9-12(15)10-14(11)21(16,18)19)20-8-7-17-5-3-2-4-6-17/h9-10H,2-8,15H2,1H3,(H2,16,18,19). The van der Waals surface area contributed by atoms with Crippen molar-refractivity contribution >= 4 is 15.7 Å². The maximum absolute atomic E-state index is 11.5. The van der Waals surface area contributed by atoms with Gasteiger partial charge in [-0.2, -0.15) is 0 Å². The quantitative estimate of drug-likeness (QED) is 0.793. The molecule has 118 valence electrons. The number of primary sulfonamides is 1. The Bertz CT molecular complexity index is 596. The molecule has 0 atom stereocenters. The molecule has 1 saturated heterocycles. The molecular formula is C14H23N3O3S. The maximum atomic E-state index is 11.5. The van der Waals surface area contributed by atoms with Gasteiger partial charge >= 0.3 is 0 Å². The lowest BCUT2D eigenvalue weighted by Gasteiger charge is -2.26. The van der Waals surface area contributed by atoms with Crippen LogP contribution < -0.4 is 15.6 Å². The number of nitrogens with two attached hydrogens (primary N) is 2. The van der Waals surface area contributed by atoms with Crippen LogP contribution in [-0.4, -0.2) is 39.6 Å². The summed E-state index contributed by atoms with van der Waals surface area (Å²) in [4.78, 5) is 2.38. The normalized spacial score (nSPS) is 16.9. The number of hydrogen-bond donors (Lipinski definition) is 2. The first-order valence-electron chi connectivity index (χ1n) is 7.16. The highest BCUT2D eigenvalue weighted by Gasteiger charge is 2.17. The molecule has 1 heterocycles. The van der Waals surface area contributed by atoms with Gasteiger partial charge in [-0.15, -0.1) is 0 Å². The number of likely N-dealkylation sites (tertiary alicyclic amines) is 1. The predicted molar refractivity (Wildman–Crippen MR) is 82.8 cm³/mol. The second-order valence-corrected chi connectivity index (χ2v) is 6.97. The highest BCUT2D eigenvalue weighted by atomic mass is 32.2. The third-order valence-electron chi connectivity index (χ3n) is 3.76. The van der Waals surface area contributed by atoms with Crippen LogP contribution in [0.2, 0.25) is 0 Å². The molecule has 0 amide bonds. The van der Waals surface area contributed by atoms with Crippen LogP contribution in [0, 0.1) is 6.92 Å². The van der Waals surface area contributed by atoms with Crippen LogP contribution in [-0.2, 0) is 10.0 Å². The number of piperidine rings is 1. The van der Waals surface area contributed by atoms with Crippen LogP contribution in [0.5, 0.6) is 5.75 Å². The van der Waals surface area contributed by atoms with Crippen molar-refractivity contribution in [3.05, 3.63) is 17.7 Å². The van der Waals surface area contributed by atoms with E-state index < -0.39 is 10.0 Å². The molecule has 0 spiro atoms. The smallest absolute Gasteiger partial charge is 0.238 e. The molecule has 1 aromatic carbocycles. The molecule has 2 rings (SSSR count). The van der Waals surface area contributed by atoms with Crippen molar-refractivity contribution in [1.82, 2.24) is 4.90 Å². The SMILES string of the molecule is Cc1c(OCCN2CCCCC2)cc(N)cc1S(N)(=O)=O. The fourth-order valence-electron chi connectivity index (χ4n) is 2.60. The van der Waals surface area contributed by atoms with E-state index in [-0.39, 0.29) is 4.90 Å². The molecule has 1 fully saturated rings. The third-order valence-corrected chi connectivity index (χ3v) is 4.79. The van der Waals surface area contributed by atoms with Gasteiger partial charge in [-0.3, -0.25) is 4.90 Å². The summed E-state index contributed by atoms with van der Waals surface area (Å²) in [5, 5.41) is 5.19. The summed E-state index contributed by atoms with van der Waals surface area (Å²) in [5.41, 5.74) is 6.57. The van der Waals surface area contributed by atoms with Crippen molar-refractivity contribution in [2.75, 3.05) is 32.0 Å². The van der Waals surface area contributed by atoms with Gasteiger partial charge in [-0.05, 0) is 38.9 Å². The van der Waals surface area contributed by atoms with E-state index in [0.29, 0.717) is 23.6 Å². The monoisotopic (exact) mass is 313 g/mol. The number of ether oxygens (including phenoxy) is 1. The Morgan fingerprint density at radius 3 is 2.52 bits per heavy atom. The molecule has 21 heavy (non-hydrogen) atoms. The maximum Gasteiger partial charge on any atom is 0.238 e. The van der Waals surface area contributed by atoms with Crippen LogP contribution in [0.25, 0.3) is 0 Å². The van der Waals surface area contributed by atoms with E-state index in [1.54, 1.807) is 13.0 Å². The summed E-state index contributed by atoms with van der Waals surface area (Å²) in [7, 11) is -3.79. The molecule has 7 heteroatoms. The Balaban J connectivity index is 2.04. The summed E-state index contributed by atoms with van der Waals surface area (Å²) in [6, 6.07) is 3.00. The number of hydrogen-bond acceptors (Lipinski definition) is 5.